The van der Waals surface area contributed by atoms with Crippen molar-refractivity contribution in [1.82, 2.24) is 29.7 Å². The standard InChI is InChI=1S/C21H27N7O/c1-14-25-20-17(11-24-27(20)2)21(26-14)28-8-6-15(7-9-28)12-29-19-10-18(22-13-23-19)16-4-3-5-16/h10-11,13,15-16H,3-9,12H2,1-2H3. The van der Waals surface area contributed by atoms with E-state index in [1.165, 1.54) is 19.3 Å². The molecule has 0 unspecified atom stereocenters. The molecule has 0 bridgehead atoms. The number of anilines is 1. The molecule has 2 aliphatic rings. The largest absolute Gasteiger partial charge is 0.477 e. The van der Waals surface area contributed by atoms with Gasteiger partial charge >= 0.3 is 0 Å². The first kappa shape index (κ1) is 18.3. The van der Waals surface area contributed by atoms with Crippen LogP contribution in [0.2, 0.25) is 0 Å². The molecule has 1 aliphatic heterocycles. The lowest BCUT2D eigenvalue weighted by molar-refractivity contribution is 0.215. The first-order chi connectivity index (χ1) is 14.2. The van der Waals surface area contributed by atoms with E-state index in [9.17, 15) is 0 Å². The van der Waals surface area contributed by atoms with Crippen molar-refractivity contribution in [3.63, 3.8) is 0 Å². The Balaban J connectivity index is 1.20. The van der Waals surface area contributed by atoms with Crippen molar-refractivity contribution in [1.29, 1.82) is 0 Å². The van der Waals surface area contributed by atoms with Gasteiger partial charge in [0.15, 0.2) is 5.65 Å². The molecule has 0 radical (unpaired) electrons. The molecule has 3 aromatic heterocycles. The van der Waals surface area contributed by atoms with Crippen molar-refractivity contribution < 1.29 is 4.74 Å². The number of nitrogens with zero attached hydrogens (tertiary/aromatic N) is 7. The fourth-order valence-electron chi connectivity index (χ4n) is 4.23. The van der Waals surface area contributed by atoms with Crippen molar-refractivity contribution in [2.75, 3.05) is 24.6 Å². The topological polar surface area (TPSA) is 81.9 Å². The van der Waals surface area contributed by atoms with E-state index in [1.54, 1.807) is 6.33 Å². The molecule has 8 heteroatoms. The predicted octanol–water partition coefficient (Wildman–Crippen LogP) is 3.02. The van der Waals surface area contributed by atoms with E-state index >= 15 is 0 Å². The van der Waals surface area contributed by atoms with Gasteiger partial charge in [0, 0.05) is 32.1 Å². The summed E-state index contributed by atoms with van der Waals surface area (Å²) in [4.78, 5) is 20.3. The highest BCUT2D eigenvalue weighted by Gasteiger charge is 2.24. The van der Waals surface area contributed by atoms with Gasteiger partial charge < -0.3 is 9.64 Å². The summed E-state index contributed by atoms with van der Waals surface area (Å²) in [5.41, 5.74) is 2.03. The molecular formula is C21H27N7O. The Morgan fingerprint density at radius 2 is 1.93 bits per heavy atom. The molecule has 5 rings (SSSR count). The molecule has 3 aromatic rings. The van der Waals surface area contributed by atoms with Crippen LogP contribution in [0.25, 0.3) is 11.0 Å². The van der Waals surface area contributed by atoms with Crippen molar-refractivity contribution >= 4 is 16.9 Å². The molecule has 0 atom stereocenters. The van der Waals surface area contributed by atoms with Crippen LogP contribution in [-0.4, -0.2) is 49.4 Å². The Kier molecular flexibility index (Phi) is 4.77. The second-order valence-electron chi connectivity index (χ2n) is 8.25. The highest BCUT2D eigenvalue weighted by atomic mass is 16.5. The third-order valence-electron chi connectivity index (χ3n) is 6.25. The zero-order valence-corrected chi connectivity index (χ0v) is 17.1. The van der Waals surface area contributed by atoms with Gasteiger partial charge in [-0.25, -0.2) is 19.9 Å². The summed E-state index contributed by atoms with van der Waals surface area (Å²) in [7, 11) is 1.92. The number of piperidine rings is 1. The average molecular weight is 393 g/mol. The van der Waals surface area contributed by atoms with Crippen LogP contribution in [0.5, 0.6) is 5.88 Å². The van der Waals surface area contributed by atoms with Gasteiger partial charge in [-0.3, -0.25) is 4.68 Å². The van der Waals surface area contributed by atoms with Gasteiger partial charge in [-0.2, -0.15) is 5.10 Å². The Labute approximate surface area is 170 Å². The van der Waals surface area contributed by atoms with Crippen LogP contribution in [0, 0.1) is 12.8 Å². The quantitative estimate of drug-likeness (QED) is 0.659. The molecule has 0 aromatic carbocycles. The lowest BCUT2D eigenvalue weighted by atomic mass is 9.83. The fourth-order valence-corrected chi connectivity index (χ4v) is 4.23. The average Bonchev–Trinajstić information content (AvgIpc) is 3.06. The second kappa shape index (κ2) is 7.57. The van der Waals surface area contributed by atoms with E-state index in [0.29, 0.717) is 24.3 Å². The van der Waals surface area contributed by atoms with Crippen molar-refractivity contribution in [3.8, 4) is 5.88 Å². The highest BCUT2D eigenvalue weighted by molar-refractivity contribution is 5.87. The van der Waals surface area contributed by atoms with E-state index in [2.05, 4.69) is 25.0 Å². The summed E-state index contributed by atoms with van der Waals surface area (Å²) in [5, 5.41) is 5.38. The normalized spacial score (nSPS) is 18.2. The van der Waals surface area contributed by atoms with Gasteiger partial charge in [-0.15, -0.1) is 0 Å². The molecule has 0 spiro atoms. The van der Waals surface area contributed by atoms with Gasteiger partial charge in [0.1, 0.15) is 18.0 Å². The first-order valence-electron chi connectivity index (χ1n) is 10.5. The van der Waals surface area contributed by atoms with Gasteiger partial charge in [0.25, 0.3) is 0 Å². The highest BCUT2D eigenvalue weighted by Crippen LogP contribution is 2.36. The molecule has 1 aliphatic carbocycles. The summed E-state index contributed by atoms with van der Waals surface area (Å²) in [6.45, 7) is 4.58. The molecule has 4 heterocycles. The Morgan fingerprint density at radius 1 is 1.10 bits per heavy atom. The van der Waals surface area contributed by atoms with Gasteiger partial charge in [-0.1, -0.05) is 6.42 Å². The number of aryl methyl sites for hydroxylation is 2. The third-order valence-corrected chi connectivity index (χ3v) is 6.25. The lowest BCUT2D eigenvalue weighted by Crippen LogP contribution is -2.36. The van der Waals surface area contributed by atoms with E-state index in [4.69, 9.17) is 9.72 Å². The minimum Gasteiger partial charge on any atom is -0.477 e. The maximum Gasteiger partial charge on any atom is 0.216 e. The minimum atomic E-state index is 0.528. The maximum absolute atomic E-state index is 6.03. The molecule has 0 N–H and O–H groups in total. The van der Waals surface area contributed by atoms with Gasteiger partial charge in [0.2, 0.25) is 5.88 Å². The summed E-state index contributed by atoms with van der Waals surface area (Å²) in [6, 6.07) is 2.03. The summed E-state index contributed by atoms with van der Waals surface area (Å²) in [5.74, 6) is 3.63. The summed E-state index contributed by atoms with van der Waals surface area (Å²) < 4.78 is 7.84. The molecule has 152 valence electrons. The van der Waals surface area contributed by atoms with Gasteiger partial charge in [-0.05, 0) is 38.5 Å². The lowest BCUT2D eigenvalue weighted by Gasteiger charge is -2.33. The number of aromatic nitrogens is 6. The van der Waals surface area contributed by atoms with Crippen LogP contribution in [0.4, 0.5) is 5.82 Å². The third kappa shape index (κ3) is 3.63. The van der Waals surface area contributed by atoms with E-state index in [0.717, 1.165) is 54.3 Å². The Hall–Kier alpha value is -2.77. The van der Waals surface area contributed by atoms with Crippen LogP contribution < -0.4 is 9.64 Å². The van der Waals surface area contributed by atoms with Crippen LogP contribution >= 0.6 is 0 Å². The number of hydrogen-bond donors (Lipinski definition) is 0. The maximum atomic E-state index is 6.03. The number of fused-ring (bicyclic) bond motifs is 1. The first-order valence-corrected chi connectivity index (χ1v) is 10.5. The fraction of sp³-hybridized carbons (Fsp3) is 0.571. The van der Waals surface area contributed by atoms with Crippen LogP contribution in [0.1, 0.15) is 49.5 Å². The van der Waals surface area contributed by atoms with Crippen molar-refractivity contribution in [2.45, 2.75) is 44.9 Å². The summed E-state index contributed by atoms with van der Waals surface area (Å²) >= 11 is 0. The van der Waals surface area contributed by atoms with Gasteiger partial charge in [0.05, 0.1) is 23.9 Å². The van der Waals surface area contributed by atoms with Crippen molar-refractivity contribution in [3.05, 3.63) is 30.1 Å². The molecular weight excluding hydrogens is 366 g/mol. The van der Waals surface area contributed by atoms with Crippen LogP contribution in [0.3, 0.4) is 0 Å². The van der Waals surface area contributed by atoms with E-state index < -0.39 is 0 Å². The predicted molar refractivity (Wildman–Crippen MR) is 110 cm³/mol. The molecule has 0 amide bonds. The SMILES string of the molecule is Cc1nc(N2CCC(COc3cc(C4CCC4)ncn3)CC2)c2cnn(C)c2n1. The monoisotopic (exact) mass is 393 g/mol. The molecule has 29 heavy (non-hydrogen) atoms. The number of rotatable bonds is 5. The zero-order valence-electron chi connectivity index (χ0n) is 17.1. The summed E-state index contributed by atoms with van der Waals surface area (Å²) in [6.07, 6.45) is 9.44. The van der Waals surface area contributed by atoms with E-state index in [-0.39, 0.29) is 0 Å². The zero-order chi connectivity index (χ0) is 19.8. The Bertz CT molecular complexity index is 1010. The molecule has 8 nitrogen and oxygen atoms in total. The van der Waals surface area contributed by atoms with Crippen LogP contribution in [0.15, 0.2) is 18.6 Å². The second-order valence-corrected chi connectivity index (χ2v) is 8.25. The minimum absolute atomic E-state index is 0.528. The molecule has 1 saturated carbocycles. The molecule has 1 saturated heterocycles. The van der Waals surface area contributed by atoms with Crippen LogP contribution in [-0.2, 0) is 7.05 Å². The Morgan fingerprint density at radius 3 is 2.69 bits per heavy atom. The van der Waals surface area contributed by atoms with Crippen molar-refractivity contribution in [2.24, 2.45) is 13.0 Å². The number of ether oxygens (including phenoxy) is 1. The molecule has 2 fully saturated rings. The van der Waals surface area contributed by atoms with E-state index in [1.807, 2.05) is 30.9 Å². The number of hydrogen-bond acceptors (Lipinski definition) is 7. The smallest absolute Gasteiger partial charge is 0.216 e.